The summed E-state index contributed by atoms with van der Waals surface area (Å²) < 4.78 is 12.5. The number of ether oxygens (including phenoxy) is 1. The maximum atomic E-state index is 11.7. The first-order valence-electron chi connectivity index (χ1n) is 9.85. The van der Waals surface area contributed by atoms with Crippen molar-refractivity contribution < 1.29 is 19.1 Å². The molecular weight excluding hydrogens is 368 g/mol. The Bertz CT molecular complexity index is 761. The van der Waals surface area contributed by atoms with E-state index in [0.29, 0.717) is 19.4 Å². The normalized spacial score (nSPS) is 23.0. The Morgan fingerprint density at radius 1 is 1.11 bits per heavy atom. The summed E-state index contributed by atoms with van der Waals surface area (Å²) in [5.74, 6) is -2.01. The molecule has 1 N–H and O–H groups in total. The van der Waals surface area contributed by atoms with Gasteiger partial charge in [-0.3, -0.25) is 4.79 Å². The van der Waals surface area contributed by atoms with Gasteiger partial charge >= 0.3 is 0 Å². The summed E-state index contributed by atoms with van der Waals surface area (Å²) in [6.07, 6.45) is 0.626. The molecule has 0 amide bonds. The number of hydrogen-bond donors (Lipinski definition) is 1. The van der Waals surface area contributed by atoms with E-state index in [2.05, 4.69) is 69.3 Å². The second-order valence-corrected chi connectivity index (χ2v) is 12.9. The molecule has 0 radical (unpaired) electrons. The first-order valence-corrected chi connectivity index (χ1v) is 11.8. The average Bonchev–Trinajstić information content (AvgIpc) is 3.06. The Hall–Kier alpha value is -1.79. The summed E-state index contributed by atoms with van der Waals surface area (Å²) in [6, 6.07) is 20.8. The molecule has 3 rings (SSSR count). The molecule has 1 fully saturated rings. The minimum absolute atomic E-state index is 0.120. The highest BCUT2D eigenvalue weighted by Gasteiger charge is 2.51. The molecular formula is C23H30O4Si. The van der Waals surface area contributed by atoms with Crippen molar-refractivity contribution >= 4 is 24.5 Å². The third-order valence-corrected chi connectivity index (χ3v) is 10.6. The van der Waals surface area contributed by atoms with E-state index >= 15 is 0 Å². The van der Waals surface area contributed by atoms with Gasteiger partial charge in [-0.2, -0.15) is 0 Å². The van der Waals surface area contributed by atoms with Crippen LogP contribution in [0.5, 0.6) is 0 Å². The zero-order valence-corrected chi connectivity index (χ0v) is 18.1. The first-order chi connectivity index (χ1) is 13.2. The number of Topliss-reactive ketones (excluding diaryl/α,β-unsaturated/α-hetero) is 1. The molecule has 0 saturated carbocycles. The molecule has 0 aromatic heterocycles. The number of ketones is 1. The molecule has 1 unspecified atom stereocenters. The Balaban J connectivity index is 1.97. The fraction of sp³-hybridized carbons (Fsp3) is 0.435. The molecule has 1 aliphatic heterocycles. The molecule has 0 aliphatic carbocycles. The summed E-state index contributed by atoms with van der Waals surface area (Å²) in [4.78, 5) is 11.7. The van der Waals surface area contributed by atoms with Gasteiger partial charge in [-0.05, 0) is 21.8 Å². The van der Waals surface area contributed by atoms with Crippen molar-refractivity contribution in [3.05, 3.63) is 60.7 Å². The fourth-order valence-corrected chi connectivity index (χ4v) is 8.70. The van der Waals surface area contributed by atoms with Gasteiger partial charge < -0.3 is 14.3 Å². The van der Waals surface area contributed by atoms with Crippen LogP contribution in [0.3, 0.4) is 0 Å². The monoisotopic (exact) mass is 398 g/mol. The molecule has 2 atom stereocenters. The van der Waals surface area contributed by atoms with E-state index in [1.165, 1.54) is 17.3 Å². The molecule has 1 heterocycles. The van der Waals surface area contributed by atoms with Crippen molar-refractivity contribution in [2.24, 2.45) is 0 Å². The van der Waals surface area contributed by atoms with Gasteiger partial charge in [0.25, 0.3) is 8.32 Å². The van der Waals surface area contributed by atoms with E-state index in [1.807, 2.05) is 12.1 Å². The molecule has 5 heteroatoms. The van der Waals surface area contributed by atoms with Gasteiger partial charge in [0.05, 0.1) is 12.7 Å². The van der Waals surface area contributed by atoms with Gasteiger partial charge in [-0.1, -0.05) is 81.4 Å². The Kier molecular flexibility index (Phi) is 5.91. The van der Waals surface area contributed by atoms with Crippen LogP contribution in [0.15, 0.2) is 60.7 Å². The number of carbonyl (C=O) groups is 1. The van der Waals surface area contributed by atoms with E-state index in [4.69, 9.17) is 9.16 Å². The minimum Gasteiger partial charge on any atom is -0.405 e. The van der Waals surface area contributed by atoms with Crippen LogP contribution in [0, 0.1) is 0 Å². The van der Waals surface area contributed by atoms with Crippen LogP contribution in [0.1, 0.15) is 40.5 Å². The number of hydrogen-bond acceptors (Lipinski definition) is 4. The molecule has 1 aliphatic rings. The Morgan fingerprint density at radius 3 is 2.00 bits per heavy atom. The number of carbonyl (C=O) groups excluding carboxylic acids is 1. The summed E-state index contributed by atoms with van der Waals surface area (Å²) in [5, 5.41) is 12.6. The van der Waals surface area contributed by atoms with Crippen LogP contribution >= 0.6 is 0 Å². The maximum absolute atomic E-state index is 11.7. The maximum Gasteiger partial charge on any atom is 0.261 e. The standard InChI is InChI=1S/C23H30O4Si/c1-18(24)23(25)16-15-19(27-23)17-26-28(22(2,3)4,20-11-7-5-8-12-20)21-13-9-6-10-14-21/h5-14,19,25H,15-17H2,1-4H3/t19-,23?/m1/s1. The largest absolute Gasteiger partial charge is 0.405 e. The van der Waals surface area contributed by atoms with E-state index < -0.39 is 14.1 Å². The van der Waals surface area contributed by atoms with E-state index in [9.17, 15) is 9.90 Å². The SMILES string of the molecule is CC(=O)C1(O)CC[C@H](CO[Si](c2ccccc2)(c2ccccc2)C(C)(C)C)O1. The fourth-order valence-electron chi connectivity index (χ4n) is 4.11. The lowest BCUT2D eigenvalue weighted by Crippen LogP contribution is -2.67. The van der Waals surface area contributed by atoms with Crippen molar-refractivity contribution in [2.45, 2.75) is 57.5 Å². The number of rotatable bonds is 6. The average molecular weight is 399 g/mol. The van der Waals surface area contributed by atoms with Crippen molar-refractivity contribution in [2.75, 3.05) is 6.61 Å². The summed E-state index contributed by atoms with van der Waals surface area (Å²) in [5.41, 5.74) is 0. The van der Waals surface area contributed by atoms with Crippen LogP contribution in [-0.2, 0) is 14.0 Å². The third-order valence-electron chi connectivity index (χ3n) is 5.62. The zero-order valence-electron chi connectivity index (χ0n) is 17.1. The molecule has 4 nitrogen and oxygen atoms in total. The highest BCUT2D eigenvalue weighted by atomic mass is 28.4. The molecule has 1 saturated heterocycles. The second-order valence-electron chi connectivity index (χ2n) is 8.59. The quantitative estimate of drug-likeness (QED) is 0.760. The molecule has 2 aromatic carbocycles. The molecule has 0 spiro atoms. The summed E-state index contributed by atoms with van der Waals surface area (Å²) in [7, 11) is -2.64. The predicted octanol–water partition coefficient (Wildman–Crippen LogP) is 3.02. The second kappa shape index (κ2) is 7.91. The highest BCUT2D eigenvalue weighted by Crippen LogP contribution is 2.38. The molecule has 28 heavy (non-hydrogen) atoms. The number of benzene rings is 2. The lowest BCUT2D eigenvalue weighted by Gasteiger charge is -2.43. The zero-order chi connectivity index (χ0) is 20.4. The van der Waals surface area contributed by atoms with Gasteiger partial charge in [0.1, 0.15) is 0 Å². The Labute approximate surface area is 168 Å². The van der Waals surface area contributed by atoms with Crippen LogP contribution in [0.25, 0.3) is 0 Å². The van der Waals surface area contributed by atoms with Gasteiger partial charge in [0.2, 0.25) is 5.79 Å². The minimum atomic E-state index is -2.64. The lowest BCUT2D eigenvalue weighted by molar-refractivity contribution is -0.198. The van der Waals surface area contributed by atoms with E-state index in [-0.39, 0.29) is 16.9 Å². The van der Waals surface area contributed by atoms with Crippen LogP contribution in [-0.4, -0.2) is 37.7 Å². The highest BCUT2D eigenvalue weighted by molar-refractivity contribution is 6.99. The van der Waals surface area contributed by atoms with Crippen LogP contribution in [0.4, 0.5) is 0 Å². The smallest absolute Gasteiger partial charge is 0.261 e. The van der Waals surface area contributed by atoms with Crippen molar-refractivity contribution in [1.82, 2.24) is 0 Å². The van der Waals surface area contributed by atoms with E-state index in [0.717, 1.165) is 0 Å². The van der Waals surface area contributed by atoms with Crippen LogP contribution < -0.4 is 10.4 Å². The molecule has 0 bridgehead atoms. The predicted molar refractivity (Wildman–Crippen MR) is 113 cm³/mol. The Morgan fingerprint density at radius 2 is 1.61 bits per heavy atom. The van der Waals surface area contributed by atoms with E-state index in [1.54, 1.807) is 0 Å². The third kappa shape index (κ3) is 3.85. The van der Waals surface area contributed by atoms with Crippen molar-refractivity contribution in [1.29, 1.82) is 0 Å². The van der Waals surface area contributed by atoms with Gasteiger partial charge in [0.15, 0.2) is 5.78 Å². The van der Waals surface area contributed by atoms with Crippen LogP contribution in [0.2, 0.25) is 5.04 Å². The van der Waals surface area contributed by atoms with Gasteiger partial charge in [-0.25, -0.2) is 0 Å². The van der Waals surface area contributed by atoms with Gasteiger partial charge in [-0.15, -0.1) is 0 Å². The summed E-state index contributed by atoms with van der Waals surface area (Å²) in [6.45, 7) is 8.39. The molecule has 150 valence electrons. The molecule has 2 aromatic rings. The van der Waals surface area contributed by atoms with Gasteiger partial charge in [0, 0.05) is 13.3 Å². The lowest BCUT2D eigenvalue weighted by atomic mass is 10.1. The van der Waals surface area contributed by atoms with Crippen molar-refractivity contribution in [3.63, 3.8) is 0 Å². The topological polar surface area (TPSA) is 55.8 Å². The first kappa shape index (κ1) is 20.9. The number of aliphatic hydroxyl groups is 1. The van der Waals surface area contributed by atoms with Crippen molar-refractivity contribution in [3.8, 4) is 0 Å². The summed E-state index contributed by atoms with van der Waals surface area (Å²) >= 11 is 0.